The monoisotopic (exact) mass is 270 g/mol. The van der Waals surface area contributed by atoms with E-state index in [1.54, 1.807) is 0 Å². The van der Waals surface area contributed by atoms with E-state index in [0.717, 1.165) is 32.2 Å². The summed E-state index contributed by atoms with van der Waals surface area (Å²) in [5, 5.41) is 11.8. The van der Waals surface area contributed by atoms with Crippen molar-refractivity contribution in [1.82, 2.24) is 10.2 Å². The number of carboxylic acids is 1. The molecule has 1 fully saturated rings. The summed E-state index contributed by atoms with van der Waals surface area (Å²) in [7, 11) is 4.09. The molecule has 0 spiro atoms. The smallest absolute Gasteiger partial charge is 0.306 e. The Hall–Kier alpha value is -1.10. The SMILES string of the molecule is CN(C)CCCCCC(=O)N[C@H]1CC[C@@H](C(=O)O)C1. The van der Waals surface area contributed by atoms with Crippen molar-refractivity contribution in [2.24, 2.45) is 5.92 Å². The van der Waals surface area contributed by atoms with Crippen LogP contribution in [0.2, 0.25) is 0 Å². The highest BCUT2D eigenvalue weighted by Crippen LogP contribution is 2.25. The molecule has 0 saturated heterocycles. The summed E-state index contributed by atoms with van der Waals surface area (Å²) in [6.07, 6.45) is 5.71. The number of aliphatic carboxylic acids is 1. The van der Waals surface area contributed by atoms with E-state index in [2.05, 4.69) is 10.2 Å². The van der Waals surface area contributed by atoms with Crippen molar-refractivity contribution >= 4 is 11.9 Å². The third-order valence-electron chi connectivity index (χ3n) is 3.66. The molecular weight excluding hydrogens is 244 g/mol. The number of nitrogens with zero attached hydrogens (tertiary/aromatic N) is 1. The van der Waals surface area contributed by atoms with Crippen LogP contribution in [-0.2, 0) is 9.59 Å². The lowest BCUT2D eigenvalue weighted by atomic mass is 10.1. The van der Waals surface area contributed by atoms with E-state index < -0.39 is 5.97 Å². The number of hydrogen-bond acceptors (Lipinski definition) is 3. The summed E-state index contributed by atoms with van der Waals surface area (Å²) in [4.78, 5) is 24.7. The molecule has 0 aromatic carbocycles. The topological polar surface area (TPSA) is 69.6 Å². The van der Waals surface area contributed by atoms with E-state index in [1.807, 2.05) is 14.1 Å². The van der Waals surface area contributed by atoms with Crippen molar-refractivity contribution in [2.75, 3.05) is 20.6 Å². The second-order valence-electron chi connectivity index (χ2n) is 5.73. The van der Waals surface area contributed by atoms with E-state index in [0.29, 0.717) is 19.3 Å². The molecule has 5 nitrogen and oxygen atoms in total. The first-order valence-corrected chi connectivity index (χ1v) is 7.16. The van der Waals surface area contributed by atoms with Gasteiger partial charge in [0.15, 0.2) is 0 Å². The molecule has 2 N–H and O–H groups in total. The van der Waals surface area contributed by atoms with Crippen LogP contribution in [0.1, 0.15) is 44.9 Å². The fraction of sp³-hybridized carbons (Fsp3) is 0.857. The van der Waals surface area contributed by atoms with Gasteiger partial charge >= 0.3 is 5.97 Å². The van der Waals surface area contributed by atoms with Crippen LogP contribution < -0.4 is 5.32 Å². The molecule has 1 saturated carbocycles. The molecule has 0 aromatic heterocycles. The highest BCUT2D eigenvalue weighted by atomic mass is 16.4. The number of carboxylic acid groups (broad SMARTS) is 1. The molecule has 1 rings (SSSR count). The Kier molecular flexibility index (Phi) is 6.84. The number of amides is 1. The summed E-state index contributed by atoms with van der Waals surface area (Å²) in [5.41, 5.74) is 0. The first kappa shape index (κ1) is 16.0. The third-order valence-corrected chi connectivity index (χ3v) is 3.66. The highest BCUT2D eigenvalue weighted by Gasteiger charge is 2.30. The fourth-order valence-electron chi connectivity index (χ4n) is 2.53. The Morgan fingerprint density at radius 3 is 2.53 bits per heavy atom. The maximum Gasteiger partial charge on any atom is 0.306 e. The quantitative estimate of drug-likeness (QED) is 0.655. The highest BCUT2D eigenvalue weighted by molar-refractivity contribution is 5.76. The number of carbonyl (C=O) groups excluding carboxylic acids is 1. The Labute approximate surface area is 115 Å². The van der Waals surface area contributed by atoms with E-state index in [9.17, 15) is 9.59 Å². The van der Waals surface area contributed by atoms with Gasteiger partial charge in [0.2, 0.25) is 5.91 Å². The number of unbranched alkanes of at least 4 members (excludes halogenated alkanes) is 2. The molecule has 19 heavy (non-hydrogen) atoms. The third kappa shape index (κ3) is 6.57. The Morgan fingerprint density at radius 1 is 1.21 bits per heavy atom. The van der Waals surface area contributed by atoms with Crippen LogP contribution in [0.3, 0.4) is 0 Å². The second-order valence-corrected chi connectivity index (χ2v) is 5.73. The van der Waals surface area contributed by atoms with Gasteiger partial charge in [0.1, 0.15) is 0 Å². The molecule has 1 aliphatic rings. The number of rotatable bonds is 8. The summed E-state index contributed by atoms with van der Waals surface area (Å²) in [6, 6.07) is 0.0652. The molecule has 0 aliphatic heterocycles. The van der Waals surface area contributed by atoms with Crippen molar-refractivity contribution in [1.29, 1.82) is 0 Å². The molecular formula is C14H26N2O3. The molecule has 110 valence electrons. The van der Waals surface area contributed by atoms with Crippen LogP contribution >= 0.6 is 0 Å². The lowest BCUT2D eigenvalue weighted by Gasteiger charge is -2.12. The number of hydrogen-bond donors (Lipinski definition) is 2. The van der Waals surface area contributed by atoms with E-state index in [4.69, 9.17) is 5.11 Å². The standard InChI is InChI=1S/C14H26N2O3/c1-16(2)9-5-3-4-6-13(17)15-12-8-7-11(10-12)14(18)19/h11-12H,3-10H2,1-2H3,(H,15,17)(H,18,19)/t11-,12+/m1/s1. The largest absolute Gasteiger partial charge is 0.481 e. The maximum absolute atomic E-state index is 11.7. The zero-order chi connectivity index (χ0) is 14.3. The minimum atomic E-state index is -0.736. The van der Waals surface area contributed by atoms with Crippen LogP contribution in [0.25, 0.3) is 0 Å². The van der Waals surface area contributed by atoms with Gasteiger partial charge < -0.3 is 15.3 Å². The molecule has 0 unspecified atom stereocenters. The maximum atomic E-state index is 11.7. The van der Waals surface area contributed by atoms with Gasteiger partial charge in [-0.25, -0.2) is 0 Å². The van der Waals surface area contributed by atoms with Crippen molar-refractivity contribution in [3.8, 4) is 0 Å². The molecule has 0 aromatic rings. The fourth-order valence-corrected chi connectivity index (χ4v) is 2.53. The molecule has 0 heterocycles. The van der Waals surface area contributed by atoms with E-state index >= 15 is 0 Å². The number of carbonyl (C=O) groups is 2. The Balaban J connectivity index is 2.07. The summed E-state index contributed by atoms with van der Waals surface area (Å²) < 4.78 is 0. The van der Waals surface area contributed by atoms with E-state index in [1.165, 1.54) is 0 Å². The lowest BCUT2D eigenvalue weighted by molar-refractivity contribution is -0.141. The number of nitrogens with one attached hydrogen (secondary N) is 1. The van der Waals surface area contributed by atoms with Crippen LogP contribution in [-0.4, -0.2) is 48.6 Å². The lowest BCUT2D eigenvalue weighted by Crippen LogP contribution is -2.33. The predicted octanol–water partition coefficient (Wildman–Crippen LogP) is 1.48. The summed E-state index contributed by atoms with van der Waals surface area (Å²) in [5.74, 6) is -0.938. The van der Waals surface area contributed by atoms with Gasteiger partial charge in [0.05, 0.1) is 5.92 Å². The van der Waals surface area contributed by atoms with Crippen molar-refractivity contribution in [2.45, 2.75) is 51.0 Å². The van der Waals surface area contributed by atoms with Gasteiger partial charge in [-0.05, 0) is 52.7 Å². The van der Waals surface area contributed by atoms with Crippen LogP contribution in [0.15, 0.2) is 0 Å². The van der Waals surface area contributed by atoms with E-state index in [-0.39, 0.29) is 17.9 Å². The first-order valence-electron chi connectivity index (χ1n) is 7.16. The predicted molar refractivity (Wildman–Crippen MR) is 73.9 cm³/mol. The molecule has 2 atom stereocenters. The average Bonchev–Trinajstić information content (AvgIpc) is 2.76. The van der Waals surface area contributed by atoms with Gasteiger partial charge in [-0.2, -0.15) is 0 Å². The van der Waals surface area contributed by atoms with Gasteiger partial charge in [-0.3, -0.25) is 9.59 Å². The molecule has 0 bridgehead atoms. The average molecular weight is 270 g/mol. The van der Waals surface area contributed by atoms with Gasteiger partial charge in [0, 0.05) is 12.5 Å². The van der Waals surface area contributed by atoms with Crippen LogP contribution in [0.5, 0.6) is 0 Å². The van der Waals surface area contributed by atoms with Gasteiger partial charge in [-0.15, -0.1) is 0 Å². The summed E-state index contributed by atoms with van der Waals surface area (Å²) >= 11 is 0. The van der Waals surface area contributed by atoms with Gasteiger partial charge in [-0.1, -0.05) is 6.42 Å². The molecule has 0 radical (unpaired) electrons. The van der Waals surface area contributed by atoms with Crippen LogP contribution in [0.4, 0.5) is 0 Å². The second kappa shape index (κ2) is 8.15. The van der Waals surface area contributed by atoms with Gasteiger partial charge in [0.25, 0.3) is 0 Å². The molecule has 5 heteroatoms. The zero-order valence-electron chi connectivity index (χ0n) is 12.0. The minimum absolute atomic E-state index is 0.0652. The summed E-state index contributed by atoms with van der Waals surface area (Å²) in [6.45, 7) is 1.06. The van der Waals surface area contributed by atoms with Crippen molar-refractivity contribution in [3.63, 3.8) is 0 Å². The minimum Gasteiger partial charge on any atom is -0.481 e. The first-order chi connectivity index (χ1) is 8.99. The Bertz CT molecular complexity index is 305. The molecule has 1 amide bonds. The Morgan fingerprint density at radius 2 is 1.95 bits per heavy atom. The van der Waals surface area contributed by atoms with Crippen LogP contribution in [0, 0.1) is 5.92 Å². The normalized spacial score (nSPS) is 22.7. The van der Waals surface area contributed by atoms with Crippen molar-refractivity contribution < 1.29 is 14.7 Å². The van der Waals surface area contributed by atoms with Crippen molar-refractivity contribution in [3.05, 3.63) is 0 Å². The zero-order valence-corrected chi connectivity index (χ0v) is 12.0. The molecule has 1 aliphatic carbocycles.